The molecule has 0 aromatic heterocycles. The predicted octanol–water partition coefficient (Wildman–Crippen LogP) is 2.69. The van der Waals surface area contributed by atoms with Crippen LogP contribution in [0.4, 0.5) is 4.79 Å². The average molecular weight is 353 g/mol. The molecule has 1 heterocycles. The maximum absolute atomic E-state index is 12.6. The Kier molecular flexibility index (Phi) is 4.53. The first-order chi connectivity index (χ1) is 12.4. The average Bonchev–Trinajstić information content (AvgIpc) is 2.63. The Balaban J connectivity index is 1.76. The highest BCUT2D eigenvalue weighted by Crippen LogP contribution is 2.30. The molecule has 2 aromatic rings. The molecule has 0 N–H and O–H groups in total. The number of hydrogen-bond acceptors (Lipinski definition) is 6. The fraction of sp³-hybridized carbons (Fsp3) is 0.158. The molecular formula is C19H15NO6. The van der Waals surface area contributed by atoms with Crippen molar-refractivity contribution in [1.82, 2.24) is 4.90 Å². The van der Waals surface area contributed by atoms with E-state index >= 15 is 0 Å². The van der Waals surface area contributed by atoms with Gasteiger partial charge in [-0.25, -0.2) is 9.59 Å². The normalized spacial score (nSPS) is 12.9. The number of hydrogen-bond donors (Lipinski definition) is 0. The van der Waals surface area contributed by atoms with E-state index in [0.717, 1.165) is 5.39 Å². The zero-order chi connectivity index (χ0) is 18.8. The van der Waals surface area contributed by atoms with E-state index in [-0.39, 0.29) is 29.9 Å². The van der Waals surface area contributed by atoms with E-state index in [2.05, 4.69) is 6.58 Å². The van der Waals surface area contributed by atoms with Crippen molar-refractivity contribution in [3.8, 4) is 0 Å². The van der Waals surface area contributed by atoms with Gasteiger partial charge >= 0.3 is 12.1 Å². The number of amides is 3. The second-order valence-corrected chi connectivity index (χ2v) is 5.69. The SMILES string of the molecule is C=C(C)C(=O)OCCOC(=O)N1C(=O)c2cccc3cccc(c23)C1=O. The van der Waals surface area contributed by atoms with Gasteiger partial charge in [0, 0.05) is 22.1 Å². The Labute approximate surface area is 148 Å². The van der Waals surface area contributed by atoms with Gasteiger partial charge in [-0.05, 0) is 24.4 Å². The summed E-state index contributed by atoms with van der Waals surface area (Å²) < 4.78 is 9.70. The smallest absolute Gasteiger partial charge is 0.424 e. The van der Waals surface area contributed by atoms with E-state index in [1.807, 2.05) is 0 Å². The van der Waals surface area contributed by atoms with Crippen LogP contribution in [0.25, 0.3) is 10.8 Å². The van der Waals surface area contributed by atoms with Gasteiger partial charge in [0.15, 0.2) is 0 Å². The lowest BCUT2D eigenvalue weighted by Crippen LogP contribution is -2.45. The Morgan fingerprint density at radius 1 is 0.962 bits per heavy atom. The number of esters is 1. The largest absolute Gasteiger partial charge is 0.459 e. The summed E-state index contributed by atoms with van der Waals surface area (Å²) in [5.41, 5.74) is 0.717. The van der Waals surface area contributed by atoms with Crippen LogP contribution in [0.1, 0.15) is 27.6 Å². The second kappa shape index (κ2) is 6.79. The van der Waals surface area contributed by atoms with Crippen LogP contribution in [-0.2, 0) is 14.3 Å². The summed E-state index contributed by atoms with van der Waals surface area (Å²) in [7, 11) is 0. The number of imide groups is 3. The predicted molar refractivity (Wildman–Crippen MR) is 91.6 cm³/mol. The number of ether oxygens (including phenoxy) is 2. The minimum atomic E-state index is -1.11. The minimum Gasteiger partial charge on any atom is -0.459 e. The van der Waals surface area contributed by atoms with E-state index in [1.165, 1.54) is 6.92 Å². The molecule has 0 saturated carbocycles. The van der Waals surface area contributed by atoms with Gasteiger partial charge in [0.2, 0.25) is 0 Å². The molecule has 132 valence electrons. The lowest BCUT2D eigenvalue weighted by atomic mass is 9.94. The van der Waals surface area contributed by atoms with Crippen molar-refractivity contribution in [3.05, 3.63) is 59.7 Å². The molecule has 0 radical (unpaired) electrons. The summed E-state index contributed by atoms with van der Waals surface area (Å²) in [6.07, 6.45) is -1.11. The third kappa shape index (κ3) is 2.95. The molecule has 3 amide bonds. The number of nitrogens with zero attached hydrogens (tertiary/aromatic N) is 1. The summed E-state index contributed by atoms with van der Waals surface area (Å²) in [6, 6.07) is 10.0. The van der Waals surface area contributed by atoms with Gasteiger partial charge in [-0.3, -0.25) is 9.59 Å². The lowest BCUT2D eigenvalue weighted by Gasteiger charge is -2.24. The van der Waals surface area contributed by atoms with Crippen LogP contribution in [0.5, 0.6) is 0 Å². The first-order valence-corrected chi connectivity index (χ1v) is 7.81. The molecule has 7 heteroatoms. The third-order valence-electron chi connectivity index (χ3n) is 3.84. The Morgan fingerprint density at radius 3 is 2.04 bits per heavy atom. The molecule has 1 aliphatic heterocycles. The number of benzene rings is 2. The number of carbonyl (C=O) groups is 4. The van der Waals surface area contributed by atoms with Gasteiger partial charge in [0.1, 0.15) is 13.2 Å². The summed E-state index contributed by atoms with van der Waals surface area (Å²) >= 11 is 0. The van der Waals surface area contributed by atoms with Crippen LogP contribution < -0.4 is 0 Å². The molecule has 2 aromatic carbocycles. The van der Waals surface area contributed by atoms with Gasteiger partial charge < -0.3 is 9.47 Å². The number of carbonyl (C=O) groups excluding carboxylic acids is 4. The zero-order valence-corrected chi connectivity index (χ0v) is 14.0. The molecule has 0 unspecified atom stereocenters. The second-order valence-electron chi connectivity index (χ2n) is 5.69. The molecule has 0 spiro atoms. The van der Waals surface area contributed by atoms with Gasteiger partial charge in [-0.15, -0.1) is 0 Å². The van der Waals surface area contributed by atoms with E-state index < -0.39 is 23.9 Å². The highest BCUT2D eigenvalue weighted by molar-refractivity contribution is 6.30. The van der Waals surface area contributed by atoms with Gasteiger partial charge in [0.25, 0.3) is 11.8 Å². The van der Waals surface area contributed by atoms with Crippen LogP contribution in [0, 0.1) is 0 Å². The molecule has 0 aliphatic carbocycles. The summed E-state index contributed by atoms with van der Waals surface area (Å²) in [5, 5.41) is 1.26. The fourth-order valence-electron chi connectivity index (χ4n) is 2.65. The van der Waals surface area contributed by atoms with Crippen LogP contribution in [0.2, 0.25) is 0 Å². The van der Waals surface area contributed by atoms with Crippen LogP contribution in [0.15, 0.2) is 48.6 Å². The first-order valence-electron chi connectivity index (χ1n) is 7.81. The number of rotatable bonds is 4. The van der Waals surface area contributed by atoms with E-state index in [1.54, 1.807) is 36.4 Å². The van der Waals surface area contributed by atoms with Crippen molar-refractivity contribution in [2.24, 2.45) is 0 Å². The summed E-state index contributed by atoms with van der Waals surface area (Å²) in [5.74, 6) is -2.11. The van der Waals surface area contributed by atoms with Gasteiger partial charge in [-0.2, -0.15) is 4.90 Å². The molecule has 0 atom stereocenters. The van der Waals surface area contributed by atoms with Crippen molar-refractivity contribution in [2.45, 2.75) is 6.92 Å². The van der Waals surface area contributed by atoms with Crippen LogP contribution in [-0.4, -0.2) is 42.0 Å². The van der Waals surface area contributed by atoms with E-state index in [4.69, 9.17) is 9.47 Å². The first kappa shape index (κ1) is 17.3. The van der Waals surface area contributed by atoms with E-state index in [9.17, 15) is 19.2 Å². The molecule has 0 saturated heterocycles. The molecular weight excluding hydrogens is 338 g/mol. The molecule has 1 aliphatic rings. The molecule has 3 rings (SSSR count). The van der Waals surface area contributed by atoms with E-state index in [0.29, 0.717) is 10.3 Å². The summed E-state index contributed by atoms with van der Waals surface area (Å²) in [6.45, 7) is 4.41. The Hall–Kier alpha value is -3.48. The Morgan fingerprint density at radius 2 is 1.50 bits per heavy atom. The molecule has 0 bridgehead atoms. The standard InChI is InChI=1S/C19H15NO6/c1-11(2)18(23)25-9-10-26-19(24)20-16(21)13-7-3-5-12-6-4-8-14(15(12)13)17(20)22/h3-8H,1,9-10H2,2H3. The molecule has 7 nitrogen and oxygen atoms in total. The van der Waals surface area contributed by atoms with Gasteiger partial charge in [-0.1, -0.05) is 30.8 Å². The molecule has 26 heavy (non-hydrogen) atoms. The lowest BCUT2D eigenvalue weighted by molar-refractivity contribution is -0.140. The van der Waals surface area contributed by atoms with Crippen molar-refractivity contribution in [3.63, 3.8) is 0 Å². The van der Waals surface area contributed by atoms with Crippen LogP contribution >= 0.6 is 0 Å². The van der Waals surface area contributed by atoms with Crippen molar-refractivity contribution >= 4 is 34.6 Å². The zero-order valence-electron chi connectivity index (χ0n) is 14.0. The maximum atomic E-state index is 12.6. The minimum absolute atomic E-state index is 0.209. The topological polar surface area (TPSA) is 90.0 Å². The highest BCUT2D eigenvalue weighted by atomic mass is 16.6. The van der Waals surface area contributed by atoms with Crippen molar-refractivity contribution in [2.75, 3.05) is 13.2 Å². The monoisotopic (exact) mass is 353 g/mol. The fourth-order valence-corrected chi connectivity index (χ4v) is 2.65. The summed E-state index contributed by atoms with van der Waals surface area (Å²) in [4.78, 5) is 49.1. The van der Waals surface area contributed by atoms with Crippen molar-refractivity contribution in [1.29, 1.82) is 0 Å². The van der Waals surface area contributed by atoms with Crippen molar-refractivity contribution < 1.29 is 28.7 Å². The van der Waals surface area contributed by atoms with Gasteiger partial charge in [0.05, 0.1) is 0 Å². The Bertz CT molecular complexity index is 911. The van der Waals surface area contributed by atoms with Crippen LogP contribution in [0.3, 0.4) is 0 Å². The third-order valence-corrected chi connectivity index (χ3v) is 3.84. The highest BCUT2D eigenvalue weighted by Gasteiger charge is 2.38. The quantitative estimate of drug-likeness (QED) is 0.363. The maximum Gasteiger partial charge on any atom is 0.424 e. The molecule has 0 fully saturated rings.